The number of hydrogen-bond acceptors (Lipinski definition) is 0. The summed E-state index contributed by atoms with van der Waals surface area (Å²) in [5, 5.41) is 0. The highest BCUT2D eigenvalue weighted by molar-refractivity contribution is 5.63. The minimum atomic E-state index is 0.132. The van der Waals surface area contributed by atoms with Crippen LogP contribution >= 0.6 is 0 Å². The van der Waals surface area contributed by atoms with E-state index in [1.165, 1.54) is 12.0 Å². The lowest BCUT2D eigenvalue weighted by atomic mass is 9.62. The molecule has 0 bridgehead atoms. The molecule has 0 heterocycles. The summed E-state index contributed by atoms with van der Waals surface area (Å²) in [6, 6.07) is 11.3. The van der Waals surface area contributed by atoms with E-state index in [0.717, 1.165) is 5.92 Å². The van der Waals surface area contributed by atoms with Gasteiger partial charge in [0.15, 0.2) is 0 Å². The fourth-order valence-electron chi connectivity index (χ4n) is 6.22. The lowest BCUT2D eigenvalue weighted by Gasteiger charge is -2.41. The van der Waals surface area contributed by atoms with Gasteiger partial charge >= 0.3 is 0 Å². The molecule has 1 aromatic rings. The summed E-state index contributed by atoms with van der Waals surface area (Å²) in [6.07, 6.45) is 11.1. The fourth-order valence-corrected chi connectivity index (χ4v) is 6.22. The van der Waals surface area contributed by atoms with Gasteiger partial charge in [-0.2, -0.15) is 0 Å². The number of hydrogen-bond donors (Lipinski definition) is 0. The Morgan fingerprint density at radius 3 is 2.32 bits per heavy atom. The largest absolute Gasteiger partial charge is 0.0810 e. The molecule has 5 unspecified atom stereocenters. The molecule has 3 aliphatic carbocycles. The van der Waals surface area contributed by atoms with E-state index in [0.29, 0.717) is 17.3 Å². The smallest absolute Gasteiger partial charge is 0.0262 e. The van der Waals surface area contributed by atoms with E-state index in [4.69, 9.17) is 0 Å². The van der Waals surface area contributed by atoms with Crippen LogP contribution in [0.2, 0.25) is 0 Å². The lowest BCUT2D eigenvalue weighted by molar-refractivity contribution is 0.295. The van der Waals surface area contributed by atoms with Crippen molar-refractivity contribution in [3.63, 3.8) is 0 Å². The molecule has 4 rings (SSSR count). The van der Waals surface area contributed by atoms with Crippen LogP contribution in [-0.4, -0.2) is 0 Å². The van der Waals surface area contributed by atoms with Gasteiger partial charge in [0.05, 0.1) is 0 Å². The second-order valence-corrected chi connectivity index (χ2v) is 9.39. The van der Waals surface area contributed by atoms with E-state index in [-0.39, 0.29) is 10.8 Å². The van der Waals surface area contributed by atoms with Gasteiger partial charge in [-0.15, -0.1) is 0 Å². The zero-order chi connectivity index (χ0) is 18.0. The highest BCUT2D eigenvalue weighted by Crippen LogP contribution is 2.80. The van der Waals surface area contributed by atoms with Crippen molar-refractivity contribution in [3.05, 3.63) is 71.3 Å². The third-order valence-electron chi connectivity index (χ3n) is 7.59. The molecular formula is C25H32. The molecule has 0 spiro atoms. The third kappa shape index (κ3) is 2.06. The maximum absolute atomic E-state index is 2.58. The van der Waals surface area contributed by atoms with E-state index in [1.54, 1.807) is 11.1 Å². The molecule has 2 fully saturated rings. The van der Waals surface area contributed by atoms with Gasteiger partial charge in [-0.1, -0.05) is 96.2 Å². The normalized spacial score (nSPS) is 41.1. The van der Waals surface area contributed by atoms with Gasteiger partial charge in [-0.05, 0) is 46.3 Å². The van der Waals surface area contributed by atoms with Crippen molar-refractivity contribution in [2.45, 2.75) is 53.4 Å². The first-order valence-corrected chi connectivity index (χ1v) is 9.98. The van der Waals surface area contributed by atoms with Crippen molar-refractivity contribution in [1.82, 2.24) is 0 Å². The Balaban J connectivity index is 2.02. The van der Waals surface area contributed by atoms with Crippen LogP contribution in [0.15, 0.2) is 65.8 Å². The fraction of sp³-hybridized carbons (Fsp3) is 0.520. The first-order valence-electron chi connectivity index (χ1n) is 9.98. The molecule has 1 aromatic carbocycles. The van der Waals surface area contributed by atoms with E-state index >= 15 is 0 Å². The quantitative estimate of drug-likeness (QED) is 0.528. The number of fused-ring (bicyclic) bond motifs is 3. The second-order valence-electron chi connectivity index (χ2n) is 9.39. The molecule has 3 aliphatic rings. The summed E-state index contributed by atoms with van der Waals surface area (Å²) in [5.74, 6) is 1.95. The van der Waals surface area contributed by atoms with Crippen LogP contribution in [-0.2, 0) is 5.41 Å². The molecule has 0 aliphatic heterocycles. The monoisotopic (exact) mass is 332 g/mol. The minimum absolute atomic E-state index is 0.132. The van der Waals surface area contributed by atoms with Crippen LogP contribution < -0.4 is 0 Å². The number of allylic oxidation sites excluding steroid dienone is 6. The van der Waals surface area contributed by atoms with E-state index < -0.39 is 0 Å². The molecule has 0 radical (unpaired) electrons. The average molecular weight is 333 g/mol. The molecule has 2 saturated carbocycles. The molecule has 5 atom stereocenters. The molecule has 0 heteroatoms. The van der Waals surface area contributed by atoms with Gasteiger partial charge in [0.25, 0.3) is 0 Å². The molecule has 0 N–H and O–H groups in total. The zero-order valence-corrected chi connectivity index (χ0v) is 16.6. The van der Waals surface area contributed by atoms with Crippen LogP contribution in [0.1, 0.15) is 53.5 Å². The minimum Gasteiger partial charge on any atom is -0.0810 e. The van der Waals surface area contributed by atoms with E-state index in [1.807, 2.05) is 0 Å². The van der Waals surface area contributed by atoms with Crippen LogP contribution in [0.25, 0.3) is 0 Å². The Hall–Kier alpha value is -1.56. The molecule has 0 aromatic heterocycles. The van der Waals surface area contributed by atoms with Gasteiger partial charge in [-0.3, -0.25) is 0 Å². The highest BCUT2D eigenvalue weighted by Gasteiger charge is 2.76. The van der Waals surface area contributed by atoms with Gasteiger partial charge in [0.1, 0.15) is 0 Å². The Morgan fingerprint density at radius 1 is 1.00 bits per heavy atom. The van der Waals surface area contributed by atoms with Crippen molar-refractivity contribution in [3.8, 4) is 0 Å². The van der Waals surface area contributed by atoms with Crippen LogP contribution in [0.5, 0.6) is 0 Å². The number of benzene rings is 1. The first kappa shape index (κ1) is 16.9. The third-order valence-corrected chi connectivity index (χ3v) is 7.59. The van der Waals surface area contributed by atoms with Gasteiger partial charge in [-0.25, -0.2) is 0 Å². The standard InChI is InChI=1S/C25H32/c1-7-25(19-11-9-8-10-12-19)21-15-17(2)13-14-23(4,5)16-20(21)22-18(3)24(22,25)6/h8-18,22H,7H2,1-6H3. The van der Waals surface area contributed by atoms with Crippen molar-refractivity contribution in [2.24, 2.45) is 28.6 Å². The lowest BCUT2D eigenvalue weighted by Crippen LogP contribution is -2.36. The summed E-state index contributed by atoms with van der Waals surface area (Å²) < 4.78 is 0. The van der Waals surface area contributed by atoms with Crippen molar-refractivity contribution in [1.29, 1.82) is 0 Å². The maximum Gasteiger partial charge on any atom is 0.0262 e. The SMILES string of the molecule is CCC1(c2ccccc2)C2=CC(C)C=CC(C)(C)C=C2C2C(C)C21C. The Bertz CT molecular complexity index is 776. The van der Waals surface area contributed by atoms with Crippen LogP contribution in [0, 0.1) is 28.6 Å². The summed E-state index contributed by atoms with van der Waals surface area (Å²) >= 11 is 0. The molecule has 0 nitrogen and oxygen atoms in total. The number of rotatable bonds is 2. The Kier molecular flexibility index (Phi) is 3.53. The van der Waals surface area contributed by atoms with Crippen LogP contribution in [0.4, 0.5) is 0 Å². The second kappa shape index (κ2) is 5.22. The van der Waals surface area contributed by atoms with E-state index in [9.17, 15) is 0 Å². The van der Waals surface area contributed by atoms with Gasteiger partial charge in [0.2, 0.25) is 0 Å². The molecule has 0 saturated heterocycles. The zero-order valence-electron chi connectivity index (χ0n) is 16.6. The Labute approximate surface area is 153 Å². The first-order chi connectivity index (χ1) is 11.8. The molecular weight excluding hydrogens is 300 g/mol. The highest BCUT2D eigenvalue weighted by atomic mass is 14.8. The predicted octanol–water partition coefficient (Wildman–Crippen LogP) is 6.71. The summed E-state index contributed by atoms with van der Waals surface area (Å²) in [7, 11) is 0. The van der Waals surface area contributed by atoms with E-state index in [2.05, 4.69) is 96.2 Å². The Morgan fingerprint density at radius 2 is 1.68 bits per heavy atom. The summed E-state index contributed by atoms with van der Waals surface area (Å²) in [6.45, 7) is 14.5. The van der Waals surface area contributed by atoms with Crippen molar-refractivity contribution < 1.29 is 0 Å². The topological polar surface area (TPSA) is 0 Å². The van der Waals surface area contributed by atoms with Gasteiger partial charge in [0, 0.05) is 10.8 Å². The van der Waals surface area contributed by atoms with Crippen molar-refractivity contribution in [2.75, 3.05) is 0 Å². The molecule has 0 amide bonds. The summed E-state index contributed by atoms with van der Waals surface area (Å²) in [4.78, 5) is 0. The maximum atomic E-state index is 2.58. The van der Waals surface area contributed by atoms with Gasteiger partial charge < -0.3 is 0 Å². The predicted molar refractivity (Wildman–Crippen MR) is 107 cm³/mol. The molecule has 132 valence electrons. The molecule has 25 heavy (non-hydrogen) atoms. The summed E-state index contributed by atoms with van der Waals surface area (Å²) in [5.41, 5.74) is 5.41. The van der Waals surface area contributed by atoms with Crippen molar-refractivity contribution >= 4 is 0 Å². The average Bonchev–Trinajstić information content (AvgIpc) is 3.05. The van der Waals surface area contributed by atoms with Crippen LogP contribution in [0.3, 0.4) is 0 Å².